The van der Waals surface area contributed by atoms with Crippen LogP contribution in [0.15, 0.2) is 0 Å². The second-order valence-electron chi connectivity index (χ2n) is 5.14. The van der Waals surface area contributed by atoms with Crippen molar-refractivity contribution in [2.75, 3.05) is 26.2 Å². The molecule has 0 N–H and O–H groups in total. The zero-order chi connectivity index (χ0) is 13.0. The first-order valence-electron chi connectivity index (χ1n) is 6.72. The van der Waals surface area contributed by atoms with Gasteiger partial charge in [-0.15, -0.1) is 0 Å². The molecule has 1 saturated heterocycles. The van der Waals surface area contributed by atoms with Gasteiger partial charge in [0.15, 0.2) is 0 Å². The minimum Gasteiger partial charge on any atom is -0.340 e. The lowest BCUT2D eigenvalue weighted by Crippen LogP contribution is -2.41. The zero-order valence-corrected chi connectivity index (χ0v) is 12.4. The van der Waals surface area contributed by atoms with Crippen LogP contribution in [0.3, 0.4) is 0 Å². The molecule has 0 spiro atoms. The fourth-order valence-corrected chi connectivity index (χ4v) is 2.62. The molecule has 0 bridgehead atoms. The van der Waals surface area contributed by atoms with Gasteiger partial charge in [-0.3, -0.25) is 9.69 Å². The standard InChI is InChI=1S/C13H26N2OS/c1-5-14(6-2)11-7-8-15(9-11)13(16)12(17)10(3)4/h10-12,17H,5-9H2,1-4H3. The second-order valence-corrected chi connectivity index (χ2v) is 5.69. The molecule has 3 nitrogen and oxygen atoms in total. The Morgan fingerprint density at radius 3 is 2.47 bits per heavy atom. The van der Waals surface area contributed by atoms with Crippen LogP contribution in [0.1, 0.15) is 34.1 Å². The van der Waals surface area contributed by atoms with E-state index in [9.17, 15) is 4.79 Å². The molecular formula is C13H26N2OS. The molecule has 1 aliphatic rings. The van der Waals surface area contributed by atoms with Crippen LogP contribution in [-0.4, -0.2) is 53.2 Å². The maximum atomic E-state index is 12.2. The van der Waals surface area contributed by atoms with Crippen LogP contribution in [-0.2, 0) is 4.79 Å². The van der Waals surface area contributed by atoms with Gasteiger partial charge in [0.05, 0.1) is 5.25 Å². The summed E-state index contributed by atoms with van der Waals surface area (Å²) < 4.78 is 0. The predicted octanol–water partition coefficient (Wildman–Crippen LogP) is 1.88. The summed E-state index contributed by atoms with van der Waals surface area (Å²) in [4.78, 5) is 16.6. The van der Waals surface area contributed by atoms with Crippen LogP contribution in [0.25, 0.3) is 0 Å². The number of amides is 1. The fourth-order valence-electron chi connectivity index (χ4n) is 2.45. The van der Waals surface area contributed by atoms with Crippen molar-refractivity contribution in [1.82, 2.24) is 9.80 Å². The Hall–Kier alpha value is -0.220. The first kappa shape index (κ1) is 14.8. The van der Waals surface area contributed by atoms with E-state index < -0.39 is 0 Å². The van der Waals surface area contributed by atoms with Gasteiger partial charge in [-0.25, -0.2) is 0 Å². The molecule has 0 saturated carbocycles. The summed E-state index contributed by atoms with van der Waals surface area (Å²) in [5.74, 6) is 0.510. The summed E-state index contributed by atoms with van der Waals surface area (Å²) >= 11 is 4.42. The number of carbonyl (C=O) groups is 1. The fraction of sp³-hybridized carbons (Fsp3) is 0.923. The highest BCUT2D eigenvalue weighted by Crippen LogP contribution is 2.20. The van der Waals surface area contributed by atoms with Crippen molar-refractivity contribution >= 4 is 18.5 Å². The lowest BCUT2D eigenvalue weighted by atomic mass is 10.1. The molecule has 17 heavy (non-hydrogen) atoms. The van der Waals surface area contributed by atoms with Gasteiger partial charge in [-0.2, -0.15) is 12.6 Å². The van der Waals surface area contributed by atoms with E-state index in [-0.39, 0.29) is 11.2 Å². The topological polar surface area (TPSA) is 23.6 Å². The van der Waals surface area contributed by atoms with Gasteiger partial charge >= 0.3 is 0 Å². The van der Waals surface area contributed by atoms with Crippen LogP contribution in [0.5, 0.6) is 0 Å². The van der Waals surface area contributed by atoms with Crippen LogP contribution in [0.2, 0.25) is 0 Å². The molecule has 0 aromatic rings. The van der Waals surface area contributed by atoms with Crippen molar-refractivity contribution in [3.63, 3.8) is 0 Å². The van der Waals surface area contributed by atoms with Crippen molar-refractivity contribution < 1.29 is 4.79 Å². The maximum Gasteiger partial charge on any atom is 0.235 e. The van der Waals surface area contributed by atoms with Crippen molar-refractivity contribution in [1.29, 1.82) is 0 Å². The molecule has 0 radical (unpaired) electrons. The minimum absolute atomic E-state index is 0.148. The van der Waals surface area contributed by atoms with Crippen LogP contribution in [0.4, 0.5) is 0 Å². The second kappa shape index (κ2) is 6.64. The maximum absolute atomic E-state index is 12.2. The molecule has 1 heterocycles. The molecule has 0 aliphatic carbocycles. The van der Waals surface area contributed by atoms with Crippen LogP contribution in [0, 0.1) is 5.92 Å². The first-order valence-corrected chi connectivity index (χ1v) is 7.23. The number of likely N-dealkylation sites (N-methyl/N-ethyl adjacent to an activating group) is 1. The van der Waals surface area contributed by atoms with Crippen molar-refractivity contribution in [2.24, 2.45) is 5.92 Å². The van der Waals surface area contributed by atoms with E-state index in [1.165, 1.54) is 0 Å². The van der Waals surface area contributed by atoms with Crippen molar-refractivity contribution in [3.8, 4) is 0 Å². The molecular weight excluding hydrogens is 232 g/mol. The number of rotatable bonds is 5. The Labute approximate surface area is 111 Å². The third kappa shape index (κ3) is 3.62. The molecule has 1 rings (SSSR count). The van der Waals surface area contributed by atoms with Gasteiger partial charge in [-0.1, -0.05) is 27.7 Å². The highest BCUT2D eigenvalue weighted by molar-refractivity contribution is 7.81. The largest absolute Gasteiger partial charge is 0.340 e. The van der Waals surface area contributed by atoms with E-state index in [1.807, 2.05) is 18.7 Å². The Morgan fingerprint density at radius 1 is 1.41 bits per heavy atom. The summed E-state index contributed by atoms with van der Waals surface area (Å²) in [6.45, 7) is 12.4. The lowest BCUT2D eigenvalue weighted by molar-refractivity contribution is -0.130. The number of nitrogens with zero attached hydrogens (tertiary/aromatic N) is 2. The minimum atomic E-state index is -0.148. The third-order valence-corrected chi connectivity index (χ3v) is 4.51. The average Bonchev–Trinajstić information content (AvgIpc) is 2.78. The number of likely N-dealkylation sites (tertiary alicyclic amines) is 1. The zero-order valence-electron chi connectivity index (χ0n) is 11.5. The molecule has 2 unspecified atom stereocenters. The Morgan fingerprint density at radius 2 is 2.00 bits per heavy atom. The van der Waals surface area contributed by atoms with Crippen LogP contribution < -0.4 is 0 Å². The summed E-state index contributed by atoms with van der Waals surface area (Å²) in [6, 6.07) is 0.543. The molecule has 0 aromatic heterocycles. The lowest BCUT2D eigenvalue weighted by Gasteiger charge is -2.27. The van der Waals surface area contributed by atoms with Gasteiger partial charge in [0.1, 0.15) is 0 Å². The first-order chi connectivity index (χ1) is 8.01. The Balaban J connectivity index is 2.52. The monoisotopic (exact) mass is 258 g/mol. The van der Waals surface area contributed by atoms with Crippen molar-refractivity contribution in [2.45, 2.75) is 45.4 Å². The predicted molar refractivity (Wildman–Crippen MR) is 75.5 cm³/mol. The van der Waals surface area contributed by atoms with Gasteiger partial charge in [0, 0.05) is 19.1 Å². The molecule has 2 atom stereocenters. The normalized spacial score (nSPS) is 22.5. The number of carbonyl (C=O) groups excluding carboxylic acids is 1. The number of thiol groups is 1. The highest BCUT2D eigenvalue weighted by Gasteiger charge is 2.32. The molecule has 1 aliphatic heterocycles. The van der Waals surface area contributed by atoms with E-state index in [4.69, 9.17) is 0 Å². The summed E-state index contributed by atoms with van der Waals surface area (Å²) in [5, 5.41) is -0.148. The molecule has 100 valence electrons. The van der Waals surface area contributed by atoms with E-state index in [1.54, 1.807) is 0 Å². The third-order valence-electron chi connectivity index (χ3n) is 3.69. The molecule has 1 fully saturated rings. The summed E-state index contributed by atoms with van der Waals surface area (Å²) in [7, 11) is 0. The van der Waals surface area contributed by atoms with E-state index in [2.05, 4.69) is 31.4 Å². The smallest absolute Gasteiger partial charge is 0.235 e. The van der Waals surface area contributed by atoms with Crippen molar-refractivity contribution in [3.05, 3.63) is 0 Å². The number of hydrogen-bond acceptors (Lipinski definition) is 3. The van der Waals surface area contributed by atoms with Crippen LogP contribution >= 0.6 is 12.6 Å². The van der Waals surface area contributed by atoms with E-state index in [0.29, 0.717) is 12.0 Å². The Kier molecular flexibility index (Phi) is 5.80. The molecule has 4 heteroatoms. The van der Waals surface area contributed by atoms with E-state index >= 15 is 0 Å². The molecule has 1 amide bonds. The highest BCUT2D eigenvalue weighted by atomic mass is 32.1. The Bertz CT molecular complexity index is 254. The number of hydrogen-bond donors (Lipinski definition) is 1. The average molecular weight is 258 g/mol. The van der Waals surface area contributed by atoms with Gasteiger partial charge in [0.2, 0.25) is 5.91 Å². The molecule has 0 aromatic carbocycles. The quantitative estimate of drug-likeness (QED) is 0.761. The van der Waals surface area contributed by atoms with Gasteiger partial charge < -0.3 is 4.90 Å². The van der Waals surface area contributed by atoms with Gasteiger partial charge in [0.25, 0.3) is 0 Å². The summed E-state index contributed by atoms with van der Waals surface area (Å²) in [5.41, 5.74) is 0. The SMILES string of the molecule is CCN(CC)C1CCN(C(=O)C(S)C(C)C)C1. The van der Waals surface area contributed by atoms with E-state index in [0.717, 1.165) is 32.6 Å². The van der Waals surface area contributed by atoms with Gasteiger partial charge in [-0.05, 0) is 25.4 Å². The summed E-state index contributed by atoms with van der Waals surface area (Å²) in [6.07, 6.45) is 1.10.